The second-order valence-electron chi connectivity index (χ2n) is 1.23. The van der Waals surface area contributed by atoms with E-state index < -0.39 is 0 Å². The molecule has 0 aliphatic carbocycles. The van der Waals surface area contributed by atoms with Gasteiger partial charge in [-0.25, -0.2) is 4.98 Å². The first-order chi connectivity index (χ1) is 2.89. The van der Waals surface area contributed by atoms with Crippen LogP contribution in [0.4, 0.5) is 0 Å². The number of aryl methyl sites for hydroxylation is 1. The molecule has 8 heavy (non-hydrogen) atoms. The minimum absolute atomic E-state index is 0. The third-order valence-electron chi connectivity index (χ3n) is 0.637. The zero-order valence-corrected chi connectivity index (χ0v) is 7.07. The summed E-state index contributed by atoms with van der Waals surface area (Å²) >= 11 is 0. The molecule has 0 aliphatic heterocycles. The fourth-order valence-corrected chi connectivity index (χ4v) is 0.326. The largest absolute Gasteiger partial charge is 1.00 e. The maximum Gasteiger partial charge on any atom is 1.00 e. The summed E-state index contributed by atoms with van der Waals surface area (Å²) in [5.41, 5.74) is 0. The van der Waals surface area contributed by atoms with Crippen molar-refractivity contribution in [3.63, 3.8) is 0 Å². The van der Waals surface area contributed by atoms with E-state index in [1.807, 2.05) is 17.8 Å². The molecular formula is C4H7N2NaO. The van der Waals surface area contributed by atoms with Gasteiger partial charge in [0.1, 0.15) is 0 Å². The predicted octanol–water partition coefficient (Wildman–Crippen LogP) is -2.75. The Hall–Kier alpha value is 0.170. The van der Waals surface area contributed by atoms with Gasteiger partial charge < -0.3 is 10.0 Å². The average molecular weight is 122 g/mol. The summed E-state index contributed by atoms with van der Waals surface area (Å²) in [6.07, 6.45) is 5.39. The van der Waals surface area contributed by atoms with Gasteiger partial charge in [0.15, 0.2) is 0 Å². The molecule has 1 heterocycles. The van der Waals surface area contributed by atoms with Crippen LogP contribution >= 0.6 is 0 Å². The fourth-order valence-electron chi connectivity index (χ4n) is 0.326. The number of hydrogen-bond donors (Lipinski definition) is 0. The van der Waals surface area contributed by atoms with Crippen molar-refractivity contribution in [1.29, 1.82) is 0 Å². The number of hydrogen-bond acceptors (Lipinski definition) is 2. The first kappa shape index (κ1) is 11.0. The van der Waals surface area contributed by atoms with Crippen LogP contribution in [0.1, 0.15) is 0 Å². The van der Waals surface area contributed by atoms with E-state index >= 15 is 0 Å². The minimum Gasteiger partial charge on any atom is -0.870 e. The van der Waals surface area contributed by atoms with Gasteiger partial charge in [0, 0.05) is 19.4 Å². The Balaban J connectivity index is 0. The topological polar surface area (TPSA) is 47.8 Å². The van der Waals surface area contributed by atoms with Gasteiger partial charge in [-0.1, -0.05) is 0 Å². The summed E-state index contributed by atoms with van der Waals surface area (Å²) in [4.78, 5) is 3.78. The van der Waals surface area contributed by atoms with Crippen LogP contribution in [0.25, 0.3) is 0 Å². The van der Waals surface area contributed by atoms with Crippen molar-refractivity contribution in [3.8, 4) is 0 Å². The van der Waals surface area contributed by atoms with E-state index in [0.717, 1.165) is 0 Å². The summed E-state index contributed by atoms with van der Waals surface area (Å²) < 4.78 is 1.89. The Morgan fingerprint density at radius 2 is 2.12 bits per heavy atom. The molecule has 0 aliphatic rings. The fraction of sp³-hybridized carbons (Fsp3) is 0.250. The standard InChI is InChI=1S/C4H6N2.Na.H2O/c1-6-3-2-5-4-6;;/h2-4H,1H3;;1H2/q;+1;/p-1. The van der Waals surface area contributed by atoms with E-state index in [1.165, 1.54) is 0 Å². The van der Waals surface area contributed by atoms with E-state index in [-0.39, 0.29) is 35.0 Å². The smallest absolute Gasteiger partial charge is 0.870 e. The van der Waals surface area contributed by atoms with Gasteiger partial charge in [0.05, 0.1) is 6.33 Å². The van der Waals surface area contributed by atoms with Gasteiger partial charge in [-0.05, 0) is 0 Å². The minimum atomic E-state index is 0. The second kappa shape index (κ2) is 5.31. The Kier molecular flexibility index (Phi) is 7.32. The van der Waals surface area contributed by atoms with Gasteiger partial charge in [-0.3, -0.25) is 0 Å². The Morgan fingerprint density at radius 3 is 2.25 bits per heavy atom. The molecule has 1 N–H and O–H groups in total. The summed E-state index contributed by atoms with van der Waals surface area (Å²) in [6.45, 7) is 0. The van der Waals surface area contributed by atoms with Crippen molar-refractivity contribution in [2.45, 2.75) is 0 Å². The molecule has 0 fully saturated rings. The summed E-state index contributed by atoms with van der Waals surface area (Å²) in [6, 6.07) is 0. The Labute approximate surface area is 70.3 Å². The third kappa shape index (κ3) is 3.21. The van der Waals surface area contributed by atoms with Crippen LogP contribution in [0.2, 0.25) is 0 Å². The van der Waals surface area contributed by atoms with Crippen molar-refractivity contribution in [2.24, 2.45) is 7.05 Å². The van der Waals surface area contributed by atoms with Gasteiger partial charge in [-0.15, -0.1) is 0 Å². The quantitative estimate of drug-likeness (QED) is 0.350. The monoisotopic (exact) mass is 122 g/mol. The van der Waals surface area contributed by atoms with E-state index in [1.54, 1.807) is 12.5 Å². The van der Waals surface area contributed by atoms with Crippen LogP contribution in [-0.2, 0) is 7.05 Å². The normalized spacial score (nSPS) is 6.62. The van der Waals surface area contributed by atoms with Crippen LogP contribution in [0.3, 0.4) is 0 Å². The van der Waals surface area contributed by atoms with Crippen molar-refractivity contribution in [2.75, 3.05) is 0 Å². The molecule has 0 saturated heterocycles. The van der Waals surface area contributed by atoms with Gasteiger partial charge in [0.25, 0.3) is 0 Å². The summed E-state index contributed by atoms with van der Waals surface area (Å²) in [5.74, 6) is 0. The molecule has 0 aromatic carbocycles. The molecule has 0 amide bonds. The molecule has 0 saturated carbocycles. The van der Waals surface area contributed by atoms with E-state index in [0.29, 0.717) is 0 Å². The molecule has 0 radical (unpaired) electrons. The SMILES string of the molecule is Cn1ccnc1.[Na+].[OH-]. The van der Waals surface area contributed by atoms with Crippen molar-refractivity contribution < 1.29 is 35.0 Å². The zero-order chi connectivity index (χ0) is 4.41. The van der Waals surface area contributed by atoms with E-state index in [4.69, 9.17) is 0 Å². The average Bonchev–Trinajstić information content (AvgIpc) is 1.86. The molecule has 1 rings (SSSR count). The maximum atomic E-state index is 3.78. The molecule has 4 heteroatoms. The molecule has 0 atom stereocenters. The van der Waals surface area contributed by atoms with Crippen LogP contribution < -0.4 is 29.6 Å². The number of imidazole rings is 1. The Bertz CT molecular complexity index is 118. The first-order valence-corrected chi connectivity index (χ1v) is 1.81. The number of rotatable bonds is 0. The number of aromatic nitrogens is 2. The molecular weight excluding hydrogens is 115 g/mol. The molecule has 1 aromatic heterocycles. The van der Waals surface area contributed by atoms with Crippen LogP contribution in [0.5, 0.6) is 0 Å². The summed E-state index contributed by atoms with van der Waals surface area (Å²) in [5, 5.41) is 0. The molecule has 40 valence electrons. The van der Waals surface area contributed by atoms with E-state index in [2.05, 4.69) is 4.98 Å². The van der Waals surface area contributed by atoms with Crippen molar-refractivity contribution in [1.82, 2.24) is 9.55 Å². The van der Waals surface area contributed by atoms with E-state index in [9.17, 15) is 0 Å². The second-order valence-corrected chi connectivity index (χ2v) is 1.23. The van der Waals surface area contributed by atoms with Crippen molar-refractivity contribution >= 4 is 0 Å². The molecule has 0 unspecified atom stereocenters. The maximum absolute atomic E-state index is 3.78. The zero-order valence-electron chi connectivity index (χ0n) is 5.07. The predicted molar refractivity (Wildman–Crippen MR) is 25.1 cm³/mol. The molecule has 3 nitrogen and oxygen atoms in total. The molecule has 0 bridgehead atoms. The number of nitrogens with zero attached hydrogens (tertiary/aromatic N) is 2. The van der Waals surface area contributed by atoms with Gasteiger partial charge in [0.2, 0.25) is 0 Å². The van der Waals surface area contributed by atoms with Gasteiger partial charge in [-0.2, -0.15) is 0 Å². The van der Waals surface area contributed by atoms with Crippen LogP contribution in [0.15, 0.2) is 18.7 Å². The van der Waals surface area contributed by atoms with Crippen LogP contribution in [-0.4, -0.2) is 15.0 Å². The molecule has 0 spiro atoms. The van der Waals surface area contributed by atoms with Crippen LogP contribution in [0, 0.1) is 0 Å². The Morgan fingerprint density at radius 1 is 1.50 bits per heavy atom. The first-order valence-electron chi connectivity index (χ1n) is 1.81. The third-order valence-corrected chi connectivity index (χ3v) is 0.637. The van der Waals surface area contributed by atoms with Gasteiger partial charge >= 0.3 is 29.6 Å². The molecule has 1 aromatic rings. The summed E-state index contributed by atoms with van der Waals surface area (Å²) in [7, 11) is 1.94. The van der Waals surface area contributed by atoms with Crippen molar-refractivity contribution in [3.05, 3.63) is 18.7 Å².